The average Bonchev–Trinajstić information content (AvgIpc) is 2.21. The van der Waals surface area contributed by atoms with Gasteiger partial charge in [0.05, 0.1) is 5.60 Å². The number of methoxy groups -OCH3 is 1. The van der Waals surface area contributed by atoms with E-state index in [1.54, 1.807) is 7.11 Å². The molecule has 0 heterocycles. The highest BCUT2D eigenvalue weighted by atomic mass is 16.5. The molecule has 86 valence electrons. The maximum atomic E-state index is 9.33. The first-order valence-corrected chi connectivity index (χ1v) is 5.31. The van der Waals surface area contributed by atoms with E-state index in [0.29, 0.717) is 6.54 Å². The Morgan fingerprint density at radius 1 is 1.29 bits per heavy atom. The highest BCUT2D eigenvalue weighted by Gasteiger charge is 2.28. The van der Waals surface area contributed by atoms with Crippen molar-refractivity contribution in [2.75, 3.05) is 20.3 Å². The van der Waals surface area contributed by atoms with Crippen molar-refractivity contribution in [3.05, 3.63) is 0 Å². The topological polar surface area (TPSA) is 55.5 Å². The minimum absolute atomic E-state index is 0.115. The zero-order valence-corrected chi connectivity index (χ0v) is 9.97. The molecule has 0 aliphatic rings. The van der Waals surface area contributed by atoms with Gasteiger partial charge in [0, 0.05) is 25.7 Å². The first-order valence-electron chi connectivity index (χ1n) is 5.31. The van der Waals surface area contributed by atoms with E-state index in [9.17, 15) is 5.11 Å². The number of nitrogens with two attached hydrogens (primary N) is 1. The Morgan fingerprint density at radius 2 is 1.86 bits per heavy atom. The van der Waals surface area contributed by atoms with Crippen LogP contribution >= 0.6 is 0 Å². The average molecular weight is 203 g/mol. The van der Waals surface area contributed by atoms with Gasteiger partial charge in [-0.05, 0) is 33.1 Å². The summed E-state index contributed by atoms with van der Waals surface area (Å²) in [6, 6.07) is 0. The number of ether oxygens (including phenoxy) is 1. The molecule has 0 bridgehead atoms. The predicted octanol–water partition coefficient (Wildman–Crippen LogP) is 1.54. The summed E-state index contributed by atoms with van der Waals surface area (Å²) in [4.78, 5) is 0. The number of rotatable bonds is 7. The van der Waals surface area contributed by atoms with Gasteiger partial charge in [-0.2, -0.15) is 0 Å². The fourth-order valence-electron chi connectivity index (χ4n) is 1.35. The molecule has 0 fully saturated rings. The maximum absolute atomic E-state index is 9.33. The van der Waals surface area contributed by atoms with Gasteiger partial charge in [-0.3, -0.25) is 0 Å². The molecule has 0 saturated carbocycles. The van der Waals surface area contributed by atoms with Gasteiger partial charge in [-0.25, -0.2) is 0 Å². The Balaban J connectivity index is 4.19. The summed E-state index contributed by atoms with van der Waals surface area (Å²) in [6.45, 7) is 6.89. The van der Waals surface area contributed by atoms with E-state index >= 15 is 0 Å². The minimum atomic E-state index is -0.120. The van der Waals surface area contributed by atoms with Gasteiger partial charge in [0.1, 0.15) is 0 Å². The lowest BCUT2D eigenvalue weighted by Gasteiger charge is -2.33. The van der Waals surface area contributed by atoms with Gasteiger partial charge in [0.25, 0.3) is 0 Å². The van der Waals surface area contributed by atoms with Crippen LogP contribution in [0, 0.1) is 5.41 Å². The van der Waals surface area contributed by atoms with Crippen molar-refractivity contribution in [1.82, 2.24) is 0 Å². The third kappa shape index (κ3) is 3.95. The van der Waals surface area contributed by atoms with Crippen molar-refractivity contribution in [1.29, 1.82) is 0 Å². The molecule has 3 heteroatoms. The van der Waals surface area contributed by atoms with Crippen molar-refractivity contribution in [2.24, 2.45) is 11.1 Å². The van der Waals surface area contributed by atoms with Crippen LogP contribution in [0.4, 0.5) is 0 Å². The van der Waals surface area contributed by atoms with E-state index in [1.807, 2.05) is 0 Å². The summed E-state index contributed by atoms with van der Waals surface area (Å²) in [5, 5.41) is 9.33. The summed E-state index contributed by atoms with van der Waals surface area (Å²) in [5.41, 5.74) is 5.46. The monoisotopic (exact) mass is 203 g/mol. The number of aliphatic hydroxyl groups is 1. The molecule has 1 atom stereocenters. The summed E-state index contributed by atoms with van der Waals surface area (Å²) in [5.74, 6) is 0. The number of hydrogen-bond donors (Lipinski definition) is 2. The second kappa shape index (κ2) is 5.69. The van der Waals surface area contributed by atoms with E-state index in [-0.39, 0.29) is 17.6 Å². The van der Waals surface area contributed by atoms with Crippen molar-refractivity contribution in [3.63, 3.8) is 0 Å². The van der Waals surface area contributed by atoms with Crippen LogP contribution < -0.4 is 5.73 Å². The van der Waals surface area contributed by atoms with Gasteiger partial charge in [0.15, 0.2) is 0 Å². The summed E-state index contributed by atoms with van der Waals surface area (Å²) < 4.78 is 5.34. The molecule has 0 radical (unpaired) electrons. The van der Waals surface area contributed by atoms with Crippen molar-refractivity contribution >= 4 is 0 Å². The second-order valence-corrected chi connectivity index (χ2v) is 4.68. The van der Waals surface area contributed by atoms with Crippen LogP contribution in [0.3, 0.4) is 0 Å². The molecule has 1 unspecified atom stereocenters. The van der Waals surface area contributed by atoms with E-state index in [4.69, 9.17) is 10.5 Å². The SMILES string of the molecule is CCC(CN)(CO)CCC(C)(C)OC. The first-order chi connectivity index (χ1) is 6.45. The van der Waals surface area contributed by atoms with Crippen LogP contribution in [0.15, 0.2) is 0 Å². The molecular weight excluding hydrogens is 178 g/mol. The zero-order chi connectivity index (χ0) is 11.2. The smallest absolute Gasteiger partial charge is 0.0623 e. The lowest BCUT2D eigenvalue weighted by Crippen LogP contribution is -2.36. The Kier molecular flexibility index (Phi) is 5.64. The standard InChI is InChI=1S/C11H25NO2/c1-5-11(8-12,9-13)7-6-10(2,3)14-4/h13H,5-9,12H2,1-4H3. The van der Waals surface area contributed by atoms with E-state index in [1.165, 1.54) is 0 Å². The van der Waals surface area contributed by atoms with Crippen LogP contribution in [0.1, 0.15) is 40.0 Å². The Hall–Kier alpha value is -0.120. The van der Waals surface area contributed by atoms with E-state index in [0.717, 1.165) is 19.3 Å². The zero-order valence-electron chi connectivity index (χ0n) is 9.97. The van der Waals surface area contributed by atoms with E-state index < -0.39 is 0 Å². The maximum Gasteiger partial charge on any atom is 0.0623 e. The molecule has 0 aliphatic heterocycles. The highest BCUT2D eigenvalue weighted by Crippen LogP contribution is 2.30. The van der Waals surface area contributed by atoms with Crippen molar-refractivity contribution < 1.29 is 9.84 Å². The largest absolute Gasteiger partial charge is 0.396 e. The second-order valence-electron chi connectivity index (χ2n) is 4.68. The molecule has 0 amide bonds. The number of aliphatic hydroxyl groups excluding tert-OH is 1. The fourth-order valence-corrected chi connectivity index (χ4v) is 1.35. The summed E-state index contributed by atoms with van der Waals surface area (Å²) in [7, 11) is 1.72. The fraction of sp³-hybridized carbons (Fsp3) is 1.00. The normalized spacial score (nSPS) is 16.7. The molecule has 0 spiro atoms. The number of hydrogen-bond acceptors (Lipinski definition) is 3. The molecule has 14 heavy (non-hydrogen) atoms. The first kappa shape index (κ1) is 13.9. The van der Waals surface area contributed by atoms with Gasteiger partial charge in [-0.15, -0.1) is 0 Å². The summed E-state index contributed by atoms with van der Waals surface area (Å²) in [6.07, 6.45) is 2.76. The Labute approximate surface area is 87.6 Å². The molecule has 0 aromatic heterocycles. The molecular formula is C11H25NO2. The van der Waals surface area contributed by atoms with E-state index in [2.05, 4.69) is 20.8 Å². The highest BCUT2D eigenvalue weighted by molar-refractivity contribution is 4.81. The van der Waals surface area contributed by atoms with Crippen molar-refractivity contribution in [3.8, 4) is 0 Å². The lowest BCUT2D eigenvalue weighted by atomic mass is 9.79. The third-order valence-corrected chi connectivity index (χ3v) is 3.33. The Bertz CT molecular complexity index is 145. The lowest BCUT2D eigenvalue weighted by molar-refractivity contribution is -0.00305. The van der Waals surface area contributed by atoms with Crippen LogP contribution in [0.5, 0.6) is 0 Å². The van der Waals surface area contributed by atoms with Crippen LogP contribution in [-0.4, -0.2) is 31.0 Å². The summed E-state index contributed by atoms with van der Waals surface area (Å²) >= 11 is 0. The molecule has 0 aliphatic carbocycles. The quantitative estimate of drug-likeness (QED) is 0.660. The van der Waals surface area contributed by atoms with Crippen LogP contribution in [0.25, 0.3) is 0 Å². The van der Waals surface area contributed by atoms with Crippen molar-refractivity contribution in [2.45, 2.75) is 45.6 Å². The Morgan fingerprint density at radius 3 is 2.14 bits per heavy atom. The molecule has 3 N–H and O–H groups in total. The minimum Gasteiger partial charge on any atom is -0.396 e. The molecule has 3 nitrogen and oxygen atoms in total. The van der Waals surface area contributed by atoms with Crippen LogP contribution in [-0.2, 0) is 4.74 Å². The molecule has 0 saturated heterocycles. The van der Waals surface area contributed by atoms with Gasteiger partial charge >= 0.3 is 0 Å². The van der Waals surface area contributed by atoms with Gasteiger partial charge in [-0.1, -0.05) is 6.92 Å². The predicted molar refractivity (Wildman–Crippen MR) is 59.2 cm³/mol. The molecule has 0 aromatic rings. The van der Waals surface area contributed by atoms with Gasteiger partial charge in [0.2, 0.25) is 0 Å². The third-order valence-electron chi connectivity index (χ3n) is 3.33. The molecule has 0 aromatic carbocycles. The van der Waals surface area contributed by atoms with Crippen LogP contribution in [0.2, 0.25) is 0 Å². The van der Waals surface area contributed by atoms with Gasteiger partial charge < -0.3 is 15.6 Å². The molecule has 0 rings (SSSR count).